The van der Waals surface area contributed by atoms with Crippen molar-refractivity contribution in [2.45, 2.75) is 457 Å². The molecule has 0 radical (unpaired) electrons. The van der Waals surface area contributed by atoms with Crippen LogP contribution in [0.2, 0.25) is 0 Å². The molecule has 0 aliphatic heterocycles. The normalized spacial score (nSPS) is 12.1. The highest BCUT2D eigenvalue weighted by Gasteiger charge is 2.06. The summed E-state index contributed by atoms with van der Waals surface area (Å²) >= 11 is 0. The van der Waals surface area contributed by atoms with Gasteiger partial charge in [0.1, 0.15) is 0 Å². The number of hydrogen-bond donors (Lipinski definition) is 1. The third-order valence-electron chi connectivity index (χ3n) is 17.6. The largest absolute Gasteiger partial charge is 0.466 e. The minimum atomic E-state index is -0.0805. The minimum Gasteiger partial charge on any atom is -0.466 e. The van der Waals surface area contributed by atoms with E-state index in [9.17, 15) is 9.90 Å². The monoisotopic (exact) mass is 1070 g/mol. The average molecular weight is 1070 g/mol. The third kappa shape index (κ3) is 69.5. The van der Waals surface area contributed by atoms with Gasteiger partial charge in [-0.15, -0.1) is 0 Å². The zero-order valence-electron chi connectivity index (χ0n) is 53.1. The molecule has 0 spiro atoms. The molecule has 0 aliphatic carbocycles. The van der Waals surface area contributed by atoms with Crippen molar-refractivity contribution in [2.75, 3.05) is 6.61 Å². The third-order valence-corrected chi connectivity index (χ3v) is 17.6. The molecular weight excluding hydrogens is 925 g/mol. The molecule has 0 aromatic carbocycles. The van der Waals surface area contributed by atoms with Gasteiger partial charge in [0.2, 0.25) is 0 Å². The first-order valence-electron chi connectivity index (χ1n) is 36.5. The van der Waals surface area contributed by atoms with Crippen LogP contribution in [0, 0.1) is 0 Å². The summed E-state index contributed by atoms with van der Waals surface area (Å²) in [6.45, 7) is 5.17. The summed E-state index contributed by atoms with van der Waals surface area (Å²) in [7, 11) is 0. The van der Waals surface area contributed by atoms with Crippen molar-refractivity contribution in [2.24, 2.45) is 0 Å². The summed E-state index contributed by atoms with van der Waals surface area (Å²) < 4.78 is 5.50. The Morgan fingerprint density at radius 3 is 0.605 bits per heavy atom. The number of aliphatic hydroxyl groups excluding tert-OH is 1. The number of unbranched alkanes of at least 4 members (excludes halogenated alkanes) is 62. The van der Waals surface area contributed by atoms with E-state index in [0.717, 1.165) is 32.1 Å². The number of aliphatic hydroxyl groups is 1. The zero-order chi connectivity index (χ0) is 54.7. The number of carbonyl (C=O) groups is 1. The van der Waals surface area contributed by atoms with Crippen LogP contribution in [0.1, 0.15) is 450 Å². The van der Waals surface area contributed by atoms with Crippen molar-refractivity contribution in [3.8, 4) is 0 Å². The highest BCUT2D eigenvalue weighted by atomic mass is 16.5. The summed E-state index contributed by atoms with van der Waals surface area (Å²) in [5, 5.41) is 10.1. The van der Waals surface area contributed by atoms with Crippen LogP contribution in [-0.4, -0.2) is 23.8 Å². The number of rotatable bonds is 70. The highest BCUT2D eigenvalue weighted by molar-refractivity contribution is 5.69. The molecule has 0 fully saturated rings. The molecule has 0 aliphatic rings. The van der Waals surface area contributed by atoms with Crippen LogP contribution in [0.4, 0.5) is 0 Å². The average Bonchev–Trinajstić information content (AvgIpc) is 3.42. The van der Waals surface area contributed by atoms with Gasteiger partial charge in [0.25, 0.3) is 0 Å². The lowest BCUT2D eigenvalue weighted by molar-refractivity contribution is -0.143. The number of ether oxygens (including phenoxy) is 1. The van der Waals surface area contributed by atoms with Crippen molar-refractivity contribution < 1.29 is 14.6 Å². The molecule has 0 rings (SSSR count). The van der Waals surface area contributed by atoms with Gasteiger partial charge in [0.15, 0.2) is 0 Å². The van der Waals surface area contributed by atoms with E-state index in [1.54, 1.807) is 0 Å². The van der Waals surface area contributed by atoms with Gasteiger partial charge >= 0.3 is 5.97 Å². The van der Waals surface area contributed by atoms with Crippen LogP contribution in [-0.2, 0) is 9.53 Å². The van der Waals surface area contributed by atoms with Crippen molar-refractivity contribution in [3.05, 3.63) is 0 Å². The predicted octanol–water partition coefficient (Wildman–Crippen LogP) is 26.5. The minimum absolute atomic E-state index is 0.0102. The second-order valence-corrected chi connectivity index (χ2v) is 25.5. The van der Waals surface area contributed by atoms with Crippen LogP contribution in [0.5, 0.6) is 0 Å². The lowest BCUT2D eigenvalue weighted by Crippen LogP contribution is -2.06. The second kappa shape index (κ2) is 70.5. The molecule has 0 aromatic rings. The molecule has 0 saturated heterocycles. The van der Waals surface area contributed by atoms with Crippen LogP contribution in [0.25, 0.3) is 0 Å². The van der Waals surface area contributed by atoms with E-state index >= 15 is 0 Å². The Morgan fingerprint density at radius 2 is 0.395 bits per heavy atom. The quantitative estimate of drug-likeness (QED) is 0.0488. The van der Waals surface area contributed by atoms with Crippen LogP contribution >= 0.6 is 0 Å². The topological polar surface area (TPSA) is 46.5 Å². The Hall–Kier alpha value is -0.570. The van der Waals surface area contributed by atoms with Gasteiger partial charge in [-0.25, -0.2) is 0 Å². The van der Waals surface area contributed by atoms with Gasteiger partial charge in [-0.3, -0.25) is 4.79 Å². The molecule has 76 heavy (non-hydrogen) atoms. The molecule has 1 atom stereocenters. The van der Waals surface area contributed by atoms with Gasteiger partial charge < -0.3 is 9.84 Å². The lowest BCUT2D eigenvalue weighted by atomic mass is 10.0. The van der Waals surface area contributed by atoms with Crippen molar-refractivity contribution >= 4 is 5.97 Å². The zero-order valence-corrected chi connectivity index (χ0v) is 53.1. The van der Waals surface area contributed by atoms with E-state index in [2.05, 4.69) is 13.8 Å². The number of carbonyl (C=O) groups excluding carboxylic acids is 1. The molecule has 1 unspecified atom stereocenters. The molecule has 0 bridgehead atoms. The molecule has 0 amide bonds. The fraction of sp³-hybridized carbons (Fsp3) is 0.986. The first-order valence-corrected chi connectivity index (χ1v) is 36.5. The first-order chi connectivity index (χ1) is 37.7. The predicted molar refractivity (Wildman–Crippen MR) is 342 cm³/mol. The summed E-state index contributed by atoms with van der Waals surface area (Å²) in [4.78, 5) is 12.1. The summed E-state index contributed by atoms with van der Waals surface area (Å²) in [6.07, 6.45) is 94.1. The molecule has 1 N–H and O–H groups in total. The van der Waals surface area contributed by atoms with Crippen LogP contribution in [0.3, 0.4) is 0 Å². The van der Waals surface area contributed by atoms with E-state index in [1.807, 2.05) is 0 Å². The van der Waals surface area contributed by atoms with Crippen molar-refractivity contribution in [1.82, 2.24) is 0 Å². The van der Waals surface area contributed by atoms with Crippen LogP contribution in [0.15, 0.2) is 0 Å². The molecule has 0 aromatic heterocycles. The van der Waals surface area contributed by atoms with Crippen molar-refractivity contribution in [3.63, 3.8) is 0 Å². The molecule has 0 heterocycles. The molecule has 0 saturated carbocycles. The maximum absolute atomic E-state index is 12.1. The fourth-order valence-corrected chi connectivity index (χ4v) is 12.1. The van der Waals surface area contributed by atoms with Gasteiger partial charge in [0.05, 0.1) is 12.7 Å². The number of hydrogen-bond acceptors (Lipinski definition) is 3. The molecular formula is C73H146O3. The lowest BCUT2D eigenvalue weighted by Gasteiger charge is -2.10. The van der Waals surface area contributed by atoms with Crippen LogP contribution < -0.4 is 0 Å². The Morgan fingerprint density at radius 1 is 0.237 bits per heavy atom. The first kappa shape index (κ1) is 75.4. The summed E-state index contributed by atoms with van der Waals surface area (Å²) in [5.41, 5.74) is 0. The Balaban J connectivity index is 3.13. The SMILES string of the molecule is CCCCCCCCCCCCCCCCCCCCCCCCCCCCCCCCCCCCCCCCCCCCCCCCCCCCCCCOC(=O)CCCCCCCCCCC(O)CCCCCC. The molecule has 3 heteroatoms. The maximum Gasteiger partial charge on any atom is 0.305 e. The fourth-order valence-electron chi connectivity index (χ4n) is 12.1. The molecule has 3 nitrogen and oxygen atoms in total. The van der Waals surface area contributed by atoms with E-state index in [-0.39, 0.29) is 12.1 Å². The van der Waals surface area contributed by atoms with Gasteiger partial charge in [-0.2, -0.15) is 0 Å². The summed E-state index contributed by atoms with van der Waals surface area (Å²) in [6, 6.07) is 0. The maximum atomic E-state index is 12.1. The standard InChI is InChI=1S/C73H146O3/c1-3-5-7-9-10-11-12-13-14-15-16-17-18-19-20-21-22-23-24-25-26-27-28-29-30-31-32-33-34-35-36-37-38-39-40-41-42-43-44-45-46-47-48-49-50-51-52-53-54-57-60-63-67-71-76-73(75)70-66-62-59-56-55-58-61-65-69-72(74)68-64-8-6-4-2/h72,74H,3-71H2,1-2H3. The Labute approximate surface area is 481 Å². The number of esters is 1. The van der Waals surface area contributed by atoms with Crippen molar-refractivity contribution in [1.29, 1.82) is 0 Å². The van der Waals surface area contributed by atoms with Gasteiger partial charge in [-0.1, -0.05) is 418 Å². The van der Waals surface area contributed by atoms with E-state index in [4.69, 9.17) is 4.74 Å². The molecule has 456 valence electrons. The van der Waals surface area contributed by atoms with E-state index in [0.29, 0.717) is 13.0 Å². The second-order valence-electron chi connectivity index (χ2n) is 25.5. The Bertz CT molecular complexity index is 1010. The summed E-state index contributed by atoms with van der Waals surface area (Å²) in [5.74, 6) is 0.0102. The van der Waals surface area contributed by atoms with Gasteiger partial charge in [0, 0.05) is 6.42 Å². The smallest absolute Gasteiger partial charge is 0.305 e. The van der Waals surface area contributed by atoms with Gasteiger partial charge in [-0.05, 0) is 25.7 Å². The van der Waals surface area contributed by atoms with E-state index < -0.39 is 0 Å². The Kier molecular flexibility index (Phi) is 70.0. The van der Waals surface area contributed by atoms with E-state index in [1.165, 1.54) is 398 Å². The highest BCUT2D eigenvalue weighted by Crippen LogP contribution is 2.20.